The van der Waals surface area contributed by atoms with Crippen molar-refractivity contribution in [1.82, 2.24) is 4.90 Å². The monoisotopic (exact) mass is 307 g/mol. The lowest BCUT2D eigenvalue weighted by Gasteiger charge is -2.18. The molecule has 0 saturated carbocycles. The summed E-state index contributed by atoms with van der Waals surface area (Å²) in [5, 5.41) is 10.8. The standard InChI is InChI=1S/C10H14BrNO3S/c1-15-3-2-12(6-10(13)14)5-9-4-8(11)7-16-9/h4,7H,2-3,5-6H2,1H3,(H,13,14). The Hall–Kier alpha value is -0.430. The minimum atomic E-state index is -0.813. The maximum absolute atomic E-state index is 10.7. The molecule has 0 spiro atoms. The largest absolute Gasteiger partial charge is 0.480 e. The third-order valence-electron chi connectivity index (χ3n) is 1.97. The second-order valence-electron chi connectivity index (χ2n) is 3.33. The molecule has 1 heterocycles. The lowest BCUT2D eigenvalue weighted by atomic mass is 10.4. The number of rotatable bonds is 7. The van der Waals surface area contributed by atoms with Crippen molar-refractivity contribution in [3.63, 3.8) is 0 Å². The Morgan fingerprint density at radius 2 is 2.44 bits per heavy atom. The first-order valence-electron chi connectivity index (χ1n) is 4.78. The number of carboxylic acid groups (broad SMARTS) is 1. The van der Waals surface area contributed by atoms with Crippen molar-refractivity contribution in [3.05, 3.63) is 20.8 Å². The molecule has 0 radical (unpaired) electrons. The number of carboxylic acids is 1. The molecule has 0 atom stereocenters. The third kappa shape index (κ3) is 5.07. The van der Waals surface area contributed by atoms with E-state index < -0.39 is 5.97 Å². The van der Waals surface area contributed by atoms with E-state index in [1.54, 1.807) is 18.4 Å². The average molecular weight is 308 g/mol. The fourth-order valence-corrected chi connectivity index (χ4v) is 2.78. The van der Waals surface area contributed by atoms with Gasteiger partial charge in [0.2, 0.25) is 0 Å². The maximum Gasteiger partial charge on any atom is 0.317 e. The van der Waals surface area contributed by atoms with Gasteiger partial charge in [-0.3, -0.25) is 9.69 Å². The number of methoxy groups -OCH3 is 1. The maximum atomic E-state index is 10.7. The van der Waals surface area contributed by atoms with Gasteiger partial charge in [0.05, 0.1) is 13.2 Å². The summed E-state index contributed by atoms with van der Waals surface area (Å²) in [4.78, 5) is 13.7. The van der Waals surface area contributed by atoms with Gasteiger partial charge in [-0.15, -0.1) is 11.3 Å². The van der Waals surface area contributed by atoms with Crippen molar-refractivity contribution in [2.75, 3.05) is 26.8 Å². The summed E-state index contributed by atoms with van der Waals surface area (Å²) in [7, 11) is 1.61. The van der Waals surface area contributed by atoms with E-state index in [-0.39, 0.29) is 6.54 Å². The fraction of sp³-hybridized carbons (Fsp3) is 0.500. The number of hydrogen-bond donors (Lipinski definition) is 1. The zero-order valence-electron chi connectivity index (χ0n) is 8.98. The van der Waals surface area contributed by atoms with E-state index in [1.807, 2.05) is 16.3 Å². The molecule has 0 fully saturated rings. The number of ether oxygens (including phenoxy) is 1. The molecule has 0 amide bonds. The van der Waals surface area contributed by atoms with Gasteiger partial charge in [0.1, 0.15) is 0 Å². The molecule has 0 saturated heterocycles. The van der Waals surface area contributed by atoms with Crippen LogP contribution in [0.25, 0.3) is 0 Å². The van der Waals surface area contributed by atoms with E-state index in [2.05, 4.69) is 15.9 Å². The van der Waals surface area contributed by atoms with Crippen LogP contribution in [0.4, 0.5) is 0 Å². The molecule has 0 aliphatic heterocycles. The molecular weight excluding hydrogens is 294 g/mol. The van der Waals surface area contributed by atoms with Crippen molar-refractivity contribution in [2.24, 2.45) is 0 Å². The lowest BCUT2D eigenvalue weighted by Crippen LogP contribution is -2.31. The molecule has 0 aromatic carbocycles. The van der Waals surface area contributed by atoms with Crippen LogP contribution in [0.2, 0.25) is 0 Å². The van der Waals surface area contributed by atoms with E-state index in [0.717, 1.165) is 9.35 Å². The molecule has 1 N–H and O–H groups in total. The van der Waals surface area contributed by atoms with E-state index in [9.17, 15) is 4.79 Å². The molecular formula is C10H14BrNO3S. The summed E-state index contributed by atoms with van der Waals surface area (Å²) in [6.45, 7) is 1.85. The van der Waals surface area contributed by atoms with Crippen molar-refractivity contribution >= 4 is 33.2 Å². The predicted molar refractivity (Wildman–Crippen MR) is 66.8 cm³/mol. The Balaban J connectivity index is 2.51. The van der Waals surface area contributed by atoms with Crippen molar-refractivity contribution < 1.29 is 14.6 Å². The molecule has 1 rings (SSSR count). The summed E-state index contributed by atoms with van der Waals surface area (Å²) in [6, 6.07) is 2.01. The highest BCUT2D eigenvalue weighted by molar-refractivity contribution is 9.10. The number of hydrogen-bond acceptors (Lipinski definition) is 4. The van der Waals surface area contributed by atoms with Crippen LogP contribution in [0, 0.1) is 0 Å². The first kappa shape index (κ1) is 13.6. The summed E-state index contributed by atoms with van der Waals surface area (Å²) >= 11 is 4.99. The molecule has 6 heteroatoms. The molecule has 0 bridgehead atoms. The Bertz CT molecular complexity index is 343. The minimum Gasteiger partial charge on any atom is -0.480 e. The zero-order valence-corrected chi connectivity index (χ0v) is 11.4. The molecule has 0 aliphatic rings. The number of thiophene rings is 1. The van der Waals surface area contributed by atoms with Gasteiger partial charge in [-0.05, 0) is 22.0 Å². The van der Waals surface area contributed by atoms with Crippen LogP contribution in [0.15, 0.2) is 15.9 Å². The number of halogens is 1. The van der Waals surface area contributed by atoms with E-state index >= 15 is 0 Å². The first-order chi connectivity index (χ1) is 7.61. The highest BCUT2D eigenvalue weighted by Gasteiger charge is 2.11. The van der Waals surface area contributed by atoms with Gasteiger partial charge in [-0.25, -0.2) is 0 Å². The summed E-state index contributed by atoms with van der Waals surface area (Å²) in [5.41, 5.74) is 0. The van der Waals surface area contributed by atoms with Gasteiger partial charge in [0.25, 0.3) is 0 Å². The minimum absolute atomic E-state index is 0.0406. The number of carbonyl (C=O) groups is 1. The SMILES string of the molecule is COCCN(CC(=O)O)Cc1cc(Br)cs1. The fourth-order valence-electron chi connectivity index (χ4n) is 1.28. The Kier molecular flexibility index (Phi) is 5.97. The molecule has 0 unspecified atom stereocenters. The van der Waals surface area contributed by atoms with Crippen LogP contribution in [0.3, 0.4) is 0 Å². The molecule has 0 aliphatic carbocycles. The van der Waals surface area contributed by atoms with Crippen LogP contribution >= 0.6 is 27.3 Å². The van der Waals surface area contributed by atoms with Gasteiger partial charge in [0.15, 0.2) is 0 Å². The number of aliphatic carboxylic acids is 1. The van der Waals surface area contributed by atoms with Crippen LogP contribution in [0.1, 0.15) is 4.88 Å². The van der Waals surface area contributed by atoms with Gasteiger partial charge in [0, 0.05) is 34.9 Å². The zero-order chi connectivity index (χ0) is 12.0. The average Bonchev–Trinajstić information content (AvgIpc) is 2.59. The van der Waals surface area contributed by atoms with Crippen LogP contribution in [-0.4, -0.2) is 42.8 Å². The van der Waals surface area contributed by atoms with Crippen LogP contribution in [0.5, 0.6) is 0 Å². The quantitative estimate of drug-likeness (QED) is 0.837. The van der Waals surface area contributed by atoms with Crippen LogP contribution < -0.4 is 0 Å². The second-order valence-corrected chi connectivity index (χ2v) is 5.24. The van der Waals surface area contributed by atoms with E-state index in [1.165, 1.54) is 0 Å². The van der Waals surface area contributed by atoms with E-state index in [4.69, 9.17) is 9.84 Å². The summed E-state index contributed by atoms with van der Waals surface area (Å²) in [6.07, 6.45) is 0. The molecule has 4 nitrogen and oxygen atoms in total. The van der Waals surface area contributed by atoms with Gasteiger partial charge in [-0.1, -0.05) is 0 Å². The molecule has 90 valence electrons. The Morgan fingerprint density at radius 3 is 2.94 bits per heavy atom. The highest BCUT2D eigenvalue weighted by Crippen LogP contribution is 2.20. The summed E-state index contributed by atoms with van der Waals surface area (Å²) in [5.74, 6) is -0.813. The second kappa shape index (κ2) is 7.01. The first-order valence-corrected chi connectivity index (χ1v) is 6.45. The van der Waals surface area contributed by atoms with Crippen molar-refractivity contribution in [3.8, 4) is 0 Å². The van der Waals surface area contributed by atoms with Gasteiger partial charge >= 0.3 is 5.97 Å². The topological polar surface area (TPSA) is 49.8 Å². The molecule has 16 heavy (non-hydrogen) atoms. The predicted octanol–water partition coefficient (Wildman–Crippen LogP) is 2.04. The number of nitrogens with zero attached hydrogens (tertiary/aromatic N) is 1. The smallest absolute Gasteiger partial charge is 0.317 e. The van der Waals surface area contributed by atoms with Crippen molar-refractivity contribution in [2.45, 2.75) is 6.54 Å². The Morgan fingerprint density at radius 1 is 1.69 bits per heavy atom. The highest BCUT2D eigenvalue weighted by atomic mass is 79.9. The van der Waals surface area contributed by atoms with Crippen molar-refractivity contribution in [1.29, 1.82) is 0 Å². The van der Waals surface area contributed by atoms with Gasteiger partial charge < -0.3 is 9.84 Å². The van der Waals surface area contributed by atoms with Crippen LogP contribution in [-0.2, 0) is 16.1 Å². The third-order valence-corrected chi connectivity index (χ3v) is 3.65. The van der Waals surface area contributed by atoms with Gasteiger partial charge in [-0.2, -0.15) is 0 Å². The van der Waals surface area contributed by atoms with E-state index in [0.29, 0.717) is 19.7 Å². The lowest BCUT2D eigenvalue weighted by molar-refractivity contribution is -0.138. The summed E-state index contributed by atoms with van der Waals surface area (Å²) < 4.78 is 5.99. The molecule has 1 aromatic rings. The normalized spacial score (nSPS) is 10.9. The molecule has 1 aromatic heterocycles. The Labute approximate surface area is 107 Å².